The van der Waals surface area contributed by atoms with Crippen LogP contribution in [0, 0.1) is 10.8 Å². The molecule has 2 N–H and O–H groups in total. The van der Waals surface area contributed by atoms with Gasteiger partial charge in [-0.05, 0) is 0 Å². The summed E-state index contributed by atoms with van der Waals surface area (Å²) in [6.45, 7) is 10.1. The fourth-order valence-electron chi connectivity index (χ4n) is 2.14. The average Bonchev–Trinajstić information content (AvgIpc) is 2.39. The van der Waals surface area contributed by atoms with Crippen LogP contribution in [0.5, 0.6) is 0 Å². The molecule has 0 aliphatic carbocycles. The number of carboxylic acids is 1. The van der Waals surface area contributed by atoms with Gasteiger partial charge in [-0.3, -0.25) is 0 Å². The van der Waals surface area contributed by atoms with Gasteiger partial charge in [0.25, 0.3) is 0 Å². The maximum Gasteiger partial charge on any atom is 0.348 e. The molecule has 1 rings (SSSR count). The normalized spacial score (nSPS) is 33.4. The van der Waals surface area contributed by atoms with Crippen LogP contribution in [-0.4, -0.2) is 33.4 Å². The van der Waals surface area contributed by atoms with E-state index in [1.165, 1.54) is 0 Å². The second kappa shape index (κ2) is 3.70. The SMILES string of the molecule is CC(C)(C)[C@@]1(O)C[C@@](C(=O)O)(C(C)(C)C)OC1=O. The Labute approximate surface area is 107 Å². The Morgan fingerprint density at radius 3 is 1.78 bits per heavy atom. The molecule has 0 spiro atoms. The van der Waals surface area contributed by atoms with Crippen molar-refractivity contribution in [3.8, 4) is 0 Å². The molecule has 0 aromatic heterocycles. The molecule has 5 nitrogen and oxygen atoms in total. The Bertz CT molecular complexity index is 387. The molecule has 1 aliphatic rings. The first kappa shape index (κ1) is 15.0. The summed E-state index contributed by atoms with van der Waals surface area (Å²) in [6, 6.07) is 0. The average molecular weight is 258 g/mol. The highest BCUT2D eigenvalue weighted by molar-refractivity contribution is 5.91. The Kier molecular flexibility index (Phi) is 3.07. The van der Waals surface area contributed by atoms with Crippen molar-refractivity contribution in [3.63, 3.8) is 0 Å². The number of hydrogen-bond donors (Lipinski definition) is 2. The van der Waals surface area contributed by atoms with Crippen molar-refractivity contribution >= 4 is 11.9 Å². The lowest BCUT2D eigenvalue weighted by atomic mass is 9.66. The van der Waals surface area contributed by atoms with Crippen LogP contribution in [0.4, 0.5) is 0 Å². The van der Waals surface area contributed by atoms with E-state index >= 15 is 0 Å². The van der Waals surface area contributed by atoms with E-state index < -0.39 is 34.0 Å². The highest BCUT2D eigenvalue weighted by Crippen LogP contribution is 2.51. The van der Waals surface area contributed by atoms with Crippen molar-refractivity contribution in [3.05, 3.63) is 0 Å². The Balaban J connectivity index is 3.34. The lowest BCUT2D eigenvalue weighted by Gasteiger charge is -2.38. The molecule has 1 fully saturated rings. The molecule has 1 saturated heterocycles. The van der Waals surface area contributed by atoms with E-state index in [2.05, 4.69) is 0 Å². The molecule has 0 amide bonds. The number of cyclic esters (lactones) is 1. The van der Waals surface area contributed by atoms with Crippen LogP contribution in [0.2, 0.25) is 0 Å². The lowest BCUT2D eigenvalue weighted by molar-refractivity contribution is -0.183. The topological polar surface area (TPSA) is 83.8 Å². The van der Waals surface area contributed by atoms with Gasteiger partial charge in [-0.25, -0.2) is 9.59 Å². The van der Waals surface area contributed by atoms with E-state index in [1.807, 2.05) is 0 Å². The number of aliphatic hydroxyl groups is 1. The quantitative estimate of drug-likeness (QED) is 0.698. The van der Waals surface area contributed by atoms with Gasteiger partial charge in [0.05, 0.1) is 0 Å². The Morgan fingerprint density at radius 1 is 1.17 bits per heavy atom. The second-order valence-corrected chi connectivity index (χ2v) is 7.06. The van der Waals surface area contributed by atoms with Crippen molar-refractivity contribution in [2.45, 2.75) is 59.2 Å². The van der Waals surface area contributed by atoms with Gasteiger partial charge in [0, 0.05) is 17.3 Å². The van der Waals surface area contributed by atoms with Crippen molar-refractivity contribution < 1.29 is 24.5 Å². The summed E-state index contributed by atoms with van der Waals surface area (Å²) in [5, 5.41) is 19.9. The molecule has 2 atom stereocenters. The van der Waals surface area contributed by atoms with Crippen molar-refractivity contribution in [1.29, 1.82) is 0 Å². The van der Waals surface area contributed by atoms with E-state index in [0.717, 1.165) is 0 Å². The van der Waals surface area contributed by atoms with Crippen LogP contribution in [0.25, 0.3) is 0 Å². The number of esters is 1. The summed E-state index contributed by atoms with van der Waals surface area (Å²) in [6.07, 6.45) is -0.235. The highest BCUT2D eigenvalue weighted by Gasteiger charge is 2.68. The third kappa shape index (κ3) is 1.81. The van der Waals surface area contributed by atoms with Gasteiger partial charge in [-0.15, -0.1) is 0 Å². The van der Waals surface area contributed by atoms with Crippen LogP contribution in [0.1, 0.15) is 48.0 Å². The minimum atomic E-state index is -1.78. The molecule has 0 unspecified atom stereocenters. The summed E-state index contributed by atoms with van der Waals surface area (Å²) in [5.41, 5.74) is -5.05. The second-order valence-electron chi connectivity index (χ2n) is 7.06. The minimum absolute atomic E-state index is 0.235. The molecule has 0 radical (unpaired) electrons. The van der Waals surface area contributed by atoms with Gasteiger partial charge in [0.2, 0.25) is 5.60 Å². The summed E-state index contributed by atoms with van der Waals surface area (Å²) < 4.78 is 5.13. The van der Waals surface area contributed by atoms with Gasteiger partial charge < -0.3 is 14.9 Å². The van der Waals surface area contributed by atoms with E-state index in [4.69, 9.17) is 4.74 Å². The standard InChI is InChI=1S/C13H22O5/c1-10(2,3)12(17)7-13(8(14)15,11(4,5)6)18-9(12)16/h17H,7H2,1-6H3,(H,14,15)/t12-,13-/m1/s1. The predicted molar refractivity (Wildman–Crippen MR) is 64.9 cm³/mol. The van der Waals surface area contributed by atoms with Gasteiger partial charge in [-0.2, -0.15) is 0 Å². The Morgan fingerprint density at radius 2 is 1.61 bits per heavy atom. The zero-order chi connectivity index (χ0) is 14.6. The third-order valence-corrected chi connectivity index (χ3v) is 3.91. The van der Waals surface area contributed by atoms with Gasteiger partial charge in [-0.1, -0.05) is 41.5 Å². The number of aliphatic carboxylic acids is 1. The fraction of sp³-hybridized carbons (Fsp3) is 0.846. The molecule has 104 valence electrons. The maximum absolute atomic E-state index is 12.0. The summed E-state index contributed by atoms with van der Waals surface area (Å²) in [7, 11) is 0. The van der Waals surface area contributed by atoms with E-state index in [0.29, 0.717) is 0 Å². The fourth-order valence-corrected chi connectivity index (χ4v) is 2.14. The van der Waals surface area contributed by atoms with Crippen molar-refractivity contribution in [1.82, 2.24) is 0 Å². The first-order valence-electron chi connectivity index (χ1n) is 5.97. The number of hydrogen-bond acceptors (Lipinski definition) is 4. The van der Waals surface area contributed by atoms with Crippen LogP contribution in [0.3, 0.4) is 0 Å². The number of carbonyl (C=O) groups is 2. The predicted octanol–water partition coefficient (Wildman–Crippen LogP) is 1.58. The van der Waals surface area contributed by atoms with E-state index in [9.17, 15) is 19.8 Å². The van der Waals surface area contributed by atoms with Crippen LogP contribution >= 0.6 is 0 Å². The number of rotatable bonds is 1. The van der Waals surface area contributed by atoms with Crippen LogP contribution in [0.15, 0.2) is 0 Å². The molecule has 5 heteroatoms. The monoisotopic (exact) mass is 258 g/mol. The number of carbonyl (C=O) groups excluding carboxylic acids is 1. The van der Waals surface area contributed by atoms with Gasteiger partial charge in [0.1, 0.15) is 0 Å². The molecule has 1 aliphatic heterocycles. The van der Waals surface area contributed by atoms with Crippen LogP contribution in [-0.2, 0) is 14.3 Å². The molecule has 0 aromatic rings. The summed E-state index contributed by atoms with van der Waals surface area (Å²) in [4.78, 5) is 23.5. The van der Waals surface area contributed by atoms with Gasteiger partial charge in [0.15, 0.2) is 5.60 Å². The molecule has 0 bridgehead atoms. The zero-order valence-corrected chi connectivity index (χ0v) is 11.8. The van der Waals surface area contributed by atoms with E-state index in [-0.39, 0.29) is 6.42 Å². The number of carboxylic acid groups (broad SMARTS) is 1. The molecule has 18 heavy (non-hydrogen) atoms. The molecule has 0 saturated carbocycles. The maximum atomic E-state index is 12.0. The third-order valence-electron chi connectivity index (χ3n) is 3.91. The first-order valence-corrected chi connectivity index (χ1v) is 5.97. The minimum Gasteiger partial charge on any atom is -0.478 e. The van der Waals surface area contributed by atoms with Crippen molar-refractivity contribution in [2.75, 3.05) is 0 Å². The van der Waals surface area contributed by atoms with Gasteiger partial charge >= 0.3 is 11.9 Å². The van der Waals surface area contributed by atoms with Crippen molar-refractivity contribution in [2.24, 2.45) is 10.8 Å². The first-order chi connectivity index (χ1) is 7.78. The van der Waals surface area contributed by atoms with E-state index in [1.54, 1.807) is 41.5 Å². The van der Waals surface area contributed by atoms with Crippen LogP contribution < -0.4 is 0 Å². The molecular formula is C13H22O5. The number of ether oxygens (including phenoxy) is 1. The lowest BCUT2D eigenvalue weighted by Crippen LogP contribution is -2.52. The largest absolute Gasteiger partial charge is 0.478 e. The Hall–Kier alpha value is -1.10. The molecule has 0 aromatic carbocycles. The molecular weight excluding hydrogens is 236 g/mol. The highest BCUT2D eigenvalue weighted by atomic mass is 16.6. The summed E-state index contributed by atoms with van der Waals surface area (Å²) in [5.74, 6) is -2.07. The zero-order valence-electron chi connectivity index (χ0n) is 11.8. The summed E-state index contributed by atoms with van der Waals surface area (Å²) >= 11 is 0. The smallest absolute Gasteiger partial charge is 0.348 e. The molecule has 1 heterocycles.